The molecule has 280 valence electrons. The molecule has 2 fully saturated rings. The third kappa shape index (κ3) is 7.13. The van der Waals surface area contributed by atoms with Crippen molar-refractivity contribution in [1.29, 1.82) is 0 Å². The molecule has 4 aliphatic rings. The number of halogens is 1. The Morgan fingerprint density at radius 3 is 2.16 bits per heavy atom. The molecule has 0 bridgehead atoms. The summed E-state index contributed by atoms with van der Waals surface area (Å²) in [5, 5.41) is 10.6. The first kappa shape index (κ1) is 41.3. The van der Waals surface area contributed by atoms with E-state index in [0.29, 0.717) is 44.7 Å². The predicted octanol–water partition coefficient (Wildman–Crippen LogP) is 10.6. The van der Waals surface area contributed by atoms with Crippen LogP contribution in [0.3, 0.4) is 0 Å². The number of rotatable bonds is 12. The molecule has 0 radical (unpaired) electrons. The second-order valence-electron chi connectivity index (χ2n) is 18.7. The van der Waals surface area contributed by atoms with E-state index in [-0.39, 0.29) is 58.7 Å². The standard InChI is InChI=1S/C40H69IO6Si2/c1-17-27(42)18-19-40(13)30-21-28-25(8)20-29-32(31(28)33(30)34(37(41)45-40)38(43)44-14)36(46-48(15,16)39(10,11)12)26(9)35(29)47-49(22(2)3,23(4)5)24(6)7/h17,20,22-24,26-33,35-36,42H,1,18-19,21H2,2-16H3/t26-,27?,28-,29+,30+,31-,32-,33+,35-,36+,40-/m0/s1. The number of allylic oxidation sites excluding steroid dienone is 1. The van der Waals surface area contributed by atoms with Crippen LogP contribution in [-0.4, -0.2) is 58.7 Å². The van der Waals surface area contributed by atoms with Gasteiger partial charge in [0.1, 0.15) is 5.60 Å². The van der Waals surface area contributed by atoms with Crippen LogP contribution in [0.1, 0.15) is 102 Å². The molecule has 6 nitrogen and oxygen atoms in total. The molecule has 1 N–H and O–H groups in total. The number of aliphatic hydroxyl groups is 1. The van der Waals surface area contributed by atoms with Crippen molar-refractivity contribution < 1.29 is 28.2 Å². The number of esters is 1. The number of carbonyl (C=O) groups excluding carboxylic acids is 1. The topological polar surface area (TPSA) is 74.2 Å². The monoisotopic (exact) mass is 828 g/mol. The lowest BCUT2D eigenvalue weighted by Gasteiger charge is -2.48. The van der Waals surface area contributed by atoms with Crippen molar-refractivity contribution in [3.8, 4) is 0 Å². The third-order valence-corrected chi connectivity index (χ3v) is 25.5. The fourth-order valence-electron chi connectivity index (χ4n) is 10.7. The zero-order valence-electron chi connectivity index (χ0n) is 33.4. The van der Waals surface area contributed by atoms with Gasteiger partial charge >= 0.3 is 5.97 Å². The van der Waals surface area contributed by atoms with Gasteiger partial charge in [0, 0.05) is 23.7 Å². The Balaban J connectivity index is 1.94. The van der Waals surface area contributed by atoms with Crippen molar-refractivity contribution in [2.75, 3.05) is 7.11 Å². The number of carbonyl (C=O) groups is 1. The first-order chi connectivity index (χ1) is 22.5. The fraction of sp³-hybridized carbons (Fsp3) is 0.825. The number of ether oxygens (including phenoxy) is 2. The highest BCUT2D eigenvalue weighted by atomic mass is 127. The molecule has 0 saturated heterocycles. The van der Waals surface area contributed by atoms with E-state index in [9.17, 15) is 9.90 Å². The van der Waals surface area contributed by atoms with Gasteiger partial charge in [-0.05, 0) is 108 Å². The normalized spacial score (nSPS) is 35.6. The number of hydrogen-bond donors (Lipinski definition) is 1. The Bertz CT molecular complexity index is 1280. The van der Waals surface area contributed by atoms with E-state index < -0.39 is 28.3 Å². The summed E-state index contributed by atoms with van der Waals surface area (Å²) in [6, 6.07) is 0. The van der Waals surface area contributed by atoms with E-state index in [4.69, 9.17) is 18.3 Å². The summed E-state index contributed by atoms with van der Waals surface area (Å²) in [5.74, 6) is 0.834. The first-order valence-corrected chi connectivity index (χ1v) is 25.1. The molecule has 0 aromatic carbocycles. The fourth-order valence-corrected chi connectivity index (χ4v) is 18.8. The number of fused-ring (bicyclic) bond motifs is 5. The maximum Gasteiger partial charge on any atom is 0.338 e. The van der Waals surface area contributed by atoms with Crippen LogP contribution in [0.5, 0.6) is 0 Å². The molecular weight excluding hydrogens is 760 g/mol. The van der Waals surface area contributed by atoms with Gasteiger partial charge < -0.3 is 23.4 Å². The summed E-state index contributed by atoms with van der Waals surface area (Å²) in [4.78, 5) is 13.8. The lowest BCUT2D eigenvalue weighted by atomic mass is 9.63. The van der Waals surface area contributed by atoms with E-state index in [1.807, 2.05) is 0 Å². The molecule has 0 aromatic rings. The Hall–Kier alpha value is -0.466. The predicted molar refractivity (Wildman–Crippen MR) is 214 cm³/mol. The summed E-state index contributed by atoms with van der Waals surface area (Å²) in [6.07, 6.45) is 5.81. The molecule has 49 heavy (non-hydrogen) atoms. The molecule has 4 rings (SSSR count). The minimum Gasteiger partial charge on any atom is -0.481 e. The van der Waals surface area contributed by atoms with Crippen molar-refractivity contribution in [1.82, 2.24) is 0 Å². The molecule has 1 aliphatic heterocycles. The minimum atomic E-state index is -2.23. The lowest BCUT2D eigenvalue weighted by molar-refractivity contribution is -0.140. The molecule has 0 spiro atoms. The molecule has 1 unspecified atom stereocenters. The second kappa shape index (κ2) is 14.8. The Morgan fingerprint density at radius 2 is 1.67 bits per heavy atom. The highest BCUT2D eigenvalue weighted by Gasteiger charge is 2.67. The van der Waals surface area contributed by atoms with Gasteiger partial charge in [-0.2, -0.15) is 0 Å². The van der Waals surface area contributed by atoms with Gasteiger partial charge in [0.2, 0.25) is 8.32 Å². The average Bonchev–Trinajstić information content (AvgIpc) is 3.50. The smallest absolute Gasteiger partial charge is 0.338 e. The Kier molecular flexibility index (Phi) is 12.4. The molecule has 11 atom stereocenters. The SMILES string of the molecule is C=CC(O)CC[C@]1(C)OC(I)=C(C(=O)OC)[C@H]2[C@@H]3[C@@H]4[C@@H](C=C(C)[C@@H]3C[C@H]21)[C@@H](O[Si](C(C)C)(C(C)C)C(C)C)[C@H](C)[C@H]4O[Si](C)(C)C(C)(C)C. The highest BCUT2D eigenvalue weighted by molar-refractivity contribution is 14.1. The summed E-state index contributed by atoms with van der Waals surface area (Å²) in [6.45, 7) is 36.8. The second-order valence-corrected chi connectivity index (χ2v) is 29.8. The van der Waals surface area contributed by atoms with Gasteiger partial charge in [0.05, 0.1) is 31.0 Å². The summed E-state index contributed by atoms with van der Waals surface area (Å²) in [7, 11) is -2.94. The van der Waals surface area contributed by atoms with Crippen LogP contribution in [0.4, 0.5) is 0 Å². The van der Waals surface area contributed by atoms with Crippen LogP contribution in [0.2, 0.25) is 34.8 Å². The largest absolute Gasteiger partial charge is 0.481 e. The number of hydrogen-bond acceptors (Lipinski definition) is 6. The number of methoxy groups -OCH3 is 1. The van der Waals surface area contributed by atoms with Crippen LogP contribution in [-0.2, 0) is 23.1 Å². The van der Waals surface area contributed by atoms with Gasteiger partial charge in [0.25, 0.3) is 0 Å². The maximum atomic E-state index is 13.8. The molecule has 2 saturated carbocycles. The van der Waals surface area contributed by atoms with E-state index in [1.165, 1.54) is 12.7 Å². The highest BCUT2D eigenvalue weighted by Crippen LogP contribution is 2.66. The summed E-state index contributed by atoms with van der Waals surface area (Å²) < 4.78 is 28.4. The van der Waals surface area contributed by atoms with E-state index in [0.717, 1.165) is 6.42 Å². The van der Waals surface area contributed by atoms with Crippen molar-refractivity contribution in [3.05, 3.63) is 33.6 Å². The van der Waals surface area contributed by atoms with E-state index in [1.54, 1.807) is 6.08 Å². The zero-order valence-corrected chi connectivity index (χ0v) is 37.5. The van der Waals surface area contributed by atoms with Crippen LogP contribution in [0, 0.1) is 41.4 Å². The third-order valence-electron chi connectivity index (χ3n) is 14.1. The van der Waals surface area contributed by atoms with Gasteiger partial charge in [-0.1, -0.05) is 87.0 Å². The van der Waals surface area contributed by atoms with Crippen molar-refractivity contribution in [3.63, 3.8) is 0 Å². The van der Waals surface area contributed by atoms with Gasteiger partial charge in [-0.3, -0.25) is 0 Å². The minimum absolute atomic E-state index is 0.0120. The van der Waals surface area contributed by atoms with Gasteiger partial charge in [-0.25, -0.2) is 4.79 Å². The molecule has 3 aliphatic carbocycles. The maximum absolute atomic E-state index is 13.8. The quantitative estimate of drug-likeness (QED) is 0.0914. The molecule has 9 heteroatoms. The molecule has 0 aromatic heterocycles. The van der Waals surface area contributed by atoms with Crippen LogP contribution >= 0.6 is 22.6 Å². The van der Waals surface area contributed by atoms with Crippen LogP contribution < -0.4 is 0 Å². The van der Waals surface area contributed by atoms with E-state index >= 15 is 0 Å². The van der Waals surface area contributed by atoms with Crippen molar-refractivity contribution >= 4 is 45.2 Å². The zero-order chi connectivity index (χ0) is 37.2. The number of aliphatic hydroxyl groups excluding tert-OH is 1. The van der Waals surface area contributed by atoms with Crippen molar-refractivity contribution in [2.24, 2.45) is 41.4 Å². The Morgan fingerprint density at radius 1 is 1.10 bits per heavy atom. The Labute approximate surface area is 315 Å². The van der Waals surface area contributed by atoms with E-state index in [2.05, 4.69) is 131 Å². The van der Waals surface area contributed by atoms with Crippen LogP contribution in [0.25, 0.3) is 0 Å². The van der Waals surface area contributed by atoms with Gasteiger partial charge in [0.15, 0.2) is 12.1 Å². The van der Waals surface area contributed by atoms with Crippen molar-refractivity contribution in [2.45, 2.75) is 161 Å². The average molecular weight is 829 g/mol. The summed E-state index contributed by atoms with van der Waals surface area (Å²) >= 11 is 2.24. The van der Waals surface area contributed by atoms with Gasteiger partial charge in [-0.15, -0.1) is 6.58 Å². The molecule has 0 amide bonds. The van der Waals surface area contributed by atoms with Crippen LogP contribution in [0.15, 0.2) is 33.6 Å². The lowest BCUT2D eigenvalue weighted by Crippen LogP contribution is -2.52. The molecular formula is C40H69IO6Si2. The summed E-state index contributed by atoms with van der Waals surface area (Å²) in [5.41, 5.74) is 3.00. The first-order valence-electron chi connectivity index (χ1n) is 19.0. The molecule has 1 heterocycles.